The third-order valence-electron chi connectivity index (χ3n) is 1.45. The molecule has 0 fully saturated rings. The predicted octanol–water partition coefficient (Wildman–Crippen LogP) is 3.15. The Balaban J connectivity index is 0.000000671. The SMILES string of the molecule is CC.CCOc1ccc(NC)cc1. The molecule has 74 valence electrons. The number of anilines is 1. The Bertz CT molecular complexity index is 206. The van der Waals surface area contributed by atoms with Gasteiger partial charge in [-0.3, -0.25) is 0 Å². The fourth-order valence-corrected chi connectivity index (χ4v) is 0.884. The summed E-state index contributed by atoms with van der Waals surface area (Å²) >= 11 is 0. The van der Waals surface area contributed by atoms with Gasteiger partial charge in [-0.05, 0) is 31.2 Å². The van der Waals surface area contributed by atoms with Crippen molar-refractivity contribution in [1.82, 2.24) is 0 Å². The topological polar surface area (TPSA) is 21.3 Å². The molecule has 0 atom stereocenters. The van der Waals surface area contributed by atoms with Crippen molar-refractivity contribution in [2.45, 2.75) is 20.8 Å². The summed E-state index contributed by atoms with van der Waals surface area (Å²) < 4.78 is 5.28. The summed E-state index contributed by atoms with van der Waals surface area (Å²) in [7, 11) is 1.90. The molecule has 1 aromatic carbocycles. The molecule has 1 rings (SSSR count). The number of ether oxygens (including phenoxy) is 1. The maximum Gasteiger partial charge on any atom is 0.119 e. The second-order valence-electron chi connectivity index (χ2n) is 2.21. The van der Waals surface area contributed by atoms with E-state index in [0.717, 1.165) is 18.0 Å². The van der Waals surface area contributed by atoms with Gasteiger partial charge in [-0.2, -0.15) is 0 Å². The van der Waals surface area contributed by atoms with Crippen LogP contribution in [0.5, 0.6) is 5.75 Å². The van der Waals surface area contributed by atoms with Crippen molar-refractivity contribution < 1.29 is 4.74 Å². The smallest absolute Gasteiger partial charge is 0.119 e. The molecule has 0 heterocycles. The van der Waals surface area contributed by atoms with E-state index in [2.05, 4.69) is 5.32 Å². The van der Waals surface area contributed by atoms with Crippen LogP contribution in [-0.4, -0.2) is 13.7 Å². The van der Waals surface area contributed by atoms with Gasteiger partial charge in [-0.25, -0.2) is 0 Å². The van der Waals surface area contributed by atoms with E-state index in [-0.39, 0.29) is 0 Å². The first-order valence-corrected chi connectivity index (χ1v) is 4.77. The first-order valence-electron chi connectivity index (χ1n) is 4.77. The highest BCUT2D eigenvalue weighted by atomic mass is 16.5. The average molecular weight is 181 g/mol. The summed E-state index contributed by atoms with van der Waals surface area (Å²) in [6.45, 7) is 6.70. The lowest BCUT2D eigenvalue weighted by Gasteiger charge is -2.03. The zero-order chi connectivity index (χ0) is 10.1. The first-order chi connectivity index (χ1) is 6.36. The third-order valence-corrected chi connectivity index (χ3v) is 1.45. The highest BCUT2D eigenvalue weighted by Crippen LogP contribution is 2.14. The monoisotopic (exact) mass is 181 g/mol. The summed E-state index contributed by atoms with van der Waals surface area (Å²) in [6, 6.07) is 7.89. The van der Waals surface area contributed by atoms with Crippen molar-refractivity contribution in [3.8, 4) is 5.75 Å². The van der Waals surface area contributed by atoms with Crippen LogP contribution in [0.3, 0.4) is 0 Å². The standard InChI is InChI=1S/C9H13NO.C2H6/c1-3-11-9-6-4-8(10-2)5-7-9;1-2/h4-7,10H,3H2,1-2H3;1-2H3. The van der Waals surface area contributed by atoms with E-state index in [9.17, 15) is 0 Å². The van der Waals surface area contributed by atoms with E-state index in [1.165, 1.54) is 0 Å². The third kappa shape index (κ3) is 4.41. The molecule has 0 saturated carbocycles. The fraction of sp³-hybridized carbons (Fsp3) is 0.455. The van der Waals surface area contributed by atoms with Crippen LogP contribution in [-0.2, 0) is 0 Å². The Morgan fingerprint density at radius 2 is 1.69 bits per heavy atom. The molecule has 0 aromatic heterocycles. The van der Waals surface area contributed by atoms with Gasteiger partial charge in [0.25, 0.3) is 0 Å². The second kappa shape index (κ2) is 7.47. The van der Waals surface area contributed by atoms with Crippen molar-refractivity contribution in [3.05, 3.63) is 24.3 Å². The predicted molar refractivity (Wildman–Crippen MR) is 58.5 cm³/mol. The van der Waals surface area contributed by atoms with Crippen LogP contribution in [0.1, 0.15) is 20.8 Å². The number of benzene rings is 1. The molecular formula is C11H19NO. The molecule has 0 aliphatic heterocycles. The Morgan fingerprint density at radius 1 is 1.15 bits per heavy atom. The van der Waals surface area contributed by atoms with Crippen LogP contribution in [0, 0.1) is 0 Å². The van der Waals surface area contributed by atoms with Crippen molar-refractivity contribution >= 4 is 5.69 Å². The van der Waals surface area contributed by atoms with Crippen LogP contribution in [0.4, 0.5) is 5.69 Å². The summed E-state index contributed by atoms with van der Waals surface area (Å²) in [5, 5.41) is 3.04. The Labute approximate surface area is 80.9 Å². The van der Waals surface area contributed by atoms with Gasteiger partial charge in [0.05, 0.1) is 6.61 Å². The van der Waals surface area contributed by atoms with Crippen molar-refractivity contribution in [2.24, 2.45) is 0 Å². The van der Waals surface area contributed by atoms with Gasteiger partial charge >= 0.3 is 0 Å². The molecule has 1 aromatic rings. The number of rotatable bonds is 3. The van der Waals surface area contributed by atoms with Gasteiger partial charge in [-0.15, -0.1) is 0 Å². The molecule has 0 saturated heterocycles. The van der Waals surface area contributed by atoms with Crippen LogP contribution in [0.25, 0.3) is 0 Å². The quantitative estimate of drug-likeness (QED) is 0.773. The first kappa shape index (κ1) is 11.8. The average Bonchev–Trinajstić information content (AvgIpc) is 2.23. The molecule has 0 aliphatic rings. The second-order valence-corrected chi connectivity index (χ2v) is 2.21. The number of hydrogen-bond acceptors (Lipinski definition) is 2. The molecule has 2 heteroatoms. The van der Waals surface area contributed by atoms with E-state index < -0.39 is 0 Å². The maximum absolute atomic E-state index is 5.28. The minimum atomic E-state index is 0.721. The van der Waals surface area contributed by atoms with Crippen molar-refractivity contribution in [2.75, 3.05) is 19.0 Å². The van der Waals surface area contributed by atoms with E-state index in [1.807, 2.05) is 52.1 Å². The molecule has 0 amide bonds. The van der Waals surface area contributed by atoms with Gasteiger partial charge in [0, 0.05) is 12.7 Å². The van der Waals surface area contributed by atoms with Gasteiger partial charge in [0.2, 0.25) is 0 Å². The normalized spacial score (nSPS) is 8.31. The van der Waals surface area contributed by atoms with Gasteiger partial charge in [0.15, 0.2) is 0 Å². The molecule has 0 spiro atoms. The van der Waals surface area contributed by atoms with Crippen molar-refractivity contribution in [3.63, 3.8) is 0 Å². The van der Waals surface area contributed by atoms with Gasteiger partial charge in [0.1, 0.15) is 5.75 Å². The molecule has 0 aliphatic carbocycles. The highest BCUT2D eigenvalue weighted by Gasteiger charge is 1.90. The Morgan fingerprint density at radius 3 is 2.08 bits per heavy atom. The molecule has 0 bridgehead atoms. The van der Waals surface area contributed by atoms with E-state index in [0.29, 0.717) is 0 Å². The fourth-order valence-electron chi connectivity index (χ4n) is 0.884. The molecular weight excluding hydrogens is 162 g/mol. The van der Waals surface area contributed by atoms with Crippen LogP contribution in [0.2, 0.25) is 0 Å². The lowest BCUT2D eigenvalue weighted by atomic mass is 10.3. The summed E-state index contributed by atoms with van der Waals surface area (Å²) in [5.74, 6) is 0.923. The summed E-state index contributed by atoms with van der Waals surface area (Å²) in [6.07, 6.45) is 0. The summed E-state index contributed by atoms with van der Waals surface area (Å²) in [4.78, 5) is 0. The van der Waals surface area contributed by atoms with Crippen LogP contribution >= 0.6 is 0 Å². The minimum absolute atomic E-state index is 0.721. The molecule has 1 N–H and O–H groups in total. The largest absolute Gasteiger partial charge is 0.494 e. The highest BCUT2D eigenvalue weighted by molar-refractivity contribution is 5.45. The van der Waals surface area contributed by atoms with Gasteiger partial charge < -0.3 is 10.1 Å². The lowest BCUT2D eigenvalue weighted by molar-refractivity contribution is 0.340. The molecule has 0 unspecified atom stereocenters. The van der Waals surface area contributed by atoms with E-state index >= 15 is 0 Å². The zero-order valence-electron chi connectivity index (χ0n) is 8.92. The molecule has 0 radical (unpaired) electrons. The molecule has 2 nitrogen and oxygen atoms in total. The van der Waals surface area contributed by atoms with Crippen LogP contribution in [0.15, 0.2) is 24.3 Å². The van der Waals surface area contributed by atoms with E-state index in [1.54, 1.807) is 0 Å². The van der Waals surface area contributed by atoms with Crippen LogP contribution < -0.4 is 10.1 Å². The summed E-state index contributed by atoms with van der Waals surface area (Å²) in [5.41, 5.74) is 1.11. The minimum Gasteiger partial charge on any atom is -0.494 e. The lowest BCUT2D eigenvalue weighted by Crippen LogP contribution is -1.91. The Kier molecular flexibility index (Phi) is 6.79. The van der Waals surface area contributed by atoms with Crippen molar-refractivity contribution in [1.29, 1.82) is 0 Å². The Hall–Kier alpha value is -1.18. The molecule has 13 heavy (non-hydrogen) atoms. The maximum atomic E-state index is 5.28. The zero-order valence-corrected chi connectivity index (χ0v) is 8.92. The van der Waals surface area contributed by atoms with E-state index in [4.69, 9.17) is 4.74 Å². The van der Waals surface area contributed by atoms with Gasteiger partial charge in [-0.1, -0.05) is 13.8 Å². The number of nitrogens with one attached hydrogen (secondary N) is 1. The number of hydrogen-bond donors (Lipinski definition) is 1.